The maximum atomic E-state index is 14.3. The van der Waals surface area contributed by atoms with Crippen LogP contribution in [0.3, 0.4) is 0 Å². The Balaban J connectivity index is 1.06. The molecule has 3 amide bonds. The molecule has 2 saturated carbocycles. The molecular formula is C57H64N6O11. The molecular weight excluding hydrogens is 945 g/mol. The maximum absolute atomic E-state index is 14.3. The number of azide groups is 1. The van der Waals surface area contributed by atoms with Gasteiger partial charge in [0.2, 0.25) is 0 Å². The van der Waals surface area contributed by atoms with Crippen molar-refractivity contribution in [2.45, 2.75) is 152 Å². The molecule has 5 aromatic rings. The fraction of sp³-hybridized carbons (Fsp3) is 0.421. The number of fused-ring (bicyclic) bond motifs is 1. The van der Waals surface area contributed by atoms with Crippen molar-refractivity contribution in [3.63, 3.8) is 0 Å². The molecule has 5 aromatic carbocycles. The van der Waals surface area contributed by atoms with Crippen LogP contribution in [0.1, 0.15) is 79.7 Å². The number of nitrogens with one attached hydrogen (secondary N) is 2. The van der Waals surface area contributed by atoms with Gasteiger partial charge >= 0.3 is 18.3 Å². The summed E-state index contributed by atoms with van der Waals surface area (Å²) in [6.07, 6.45) is -3.48. The van der Waals surface area contributed by atoms with Gasteiger partial charge < -0.3 is 48.5 Å². The molecule has 9 rings (SSSR count). The van der Waals surface area contributed by atoms with Crippen molar-refractivity contribution in [3.05, 3.63) is 190 Å². The van der Waals surface area contributed by atoms with E-state index in [0.717, 1.165) is 47.1 Å². The van der Waals surface area contributed by atoms with E-state index in [1.807, 2.05) is 159 Å². The van der Waals surface area contributed by atoms with E-state index in [1.165, 1.54) is 0 Å². The highest BCUT2D eigenvalue weighted by Crippen LogP contribution is 2.47. The largest absolute Gasteiger partial charge is 0.445 e. The molecule has 4 aliphatic rings. The standard InChI is InChI=1S/C57H64N6O11/c1-39(63(34-40-20-8-2-9-21-40)56(66)70-38-44-28-16-6-17-29-44)46-31-30-45(61-62-58)53(71-46)72-50-47(59-54(64)68-36-42-24-12-4-13-25-42)49(67-35-41-22-10-3-11-23-41)48(60-55(65)69-37-43-26-14-5-15-27-43)51-52(50)74-57(73-51)32-18-7-19-33-57/h2-6,8-17,20-29,39,45-53H,7,18-19,30-38H2,1H3,(H,59,64)(H,60,65)/t39-,45-,46+,47+,48-,49+,50-,51+,52+,53-/m1/s1. The number of amides is 3. The lowest BCUT2D eigenvalue weighted by molar-refractivity contribution is -0.267. The van der Waals surface area contributed by atoms with Gasteiger partial charge in [-0.05, 0) is 66.0 Å². The highest BCUT2D eigenvalue weighted by Gasteiger charge is 2.63. The molecule has 10 atom stereocenters. The summed E-state index contributed by atoms with van der Waals surface area (Å²) in [5.74, 6) is -1.05. The minimum atomic E-state index is -1.23. The number of hydrogen-bond donors (Lipinski definition) is 2. The van der Waals surface area contributed by atoms with Gasteiger partial charge in [0.1, 0.15) is 44.2 Å². The first-order valence-corrected chi connectivity index (χ1v) is 25.6. The fourth-order valence-electron chi connectivity index (χ4n) is 10.4. The maximum Gasteiger partial charge on any atom is 0.410 e. The molecule has 1 spiro atoms. The minimum Gasteiger partial charge on any atom is -0.445 e. The first-order valence-electron chi connectivity index (χ1n) is 25.6. The Morgan fingerprint density at radius 3 is 1.66 bits per heavy atom. The molecule has 2 aliphatic carbocycles. The van der Waals surface area contributed by atoms with E-state index < -0.39 is 85.0 Å². The van der Waals surface area contributed by atoms with Gasteiger partial charge in [0, 0.05) is 24.3 Å². The van der Waals surface area contributed by atoms with Crippen LogP contribution in [0.15, 0.2) is 157 Å². The Morgan fingerprint density at radius 2 is 1.12 bits per heavy atom. The second-order valence-electron chi connectivity index (χ2n) is 19.2. The predicted molar refractivity (Wildman–Crippen MR) is 271 cm³/mol. The van der Waals surface area contributed by atoms with E-state index in [0.29, 0.717) is 25.7 Å². The predicted octanol–water partition coefficient (Wildman–Crippen LogP) is 10.4. The summed E-state index contributed by atoms with van der Waals surface area (Å²) >= 11 is 0. The van der Waals surface area contributed by atoms with Crippen LogP contribution >= 0.6 is 0 Å². The fourth-order valence-corrected chi connectivity index (χ4v) is 10.4. The molecule has 0 radical (unpaired) electrons. The van der Waals surface area contributed by atoms with Crippen molar-refractivity contribution in [2.75, 3.05) is 0 Å². The van der Waals surface area contributed by atoms with Gasteiger partial charge in [-0.2, -0.15) is 0 Å². The molecule has 388 valence electrons. The van der Waals surface area contributed by atoms with Crippen molar-refractivity contribution in [2.24, 2.45) is 5.11 Å². The van der Waals surface area contributed by atoms with E-state index in [4.69, 9.17) is 37.9 Å². The monoisotopic (exact) mass is 1010 g/mol. The van der Waals surface area contributed by atoms with Gasteiger partial charge in [0.25, 0.3) is 0 Å². The number of rotatable bonds is 18. The number of alkyl carbamates (subject to hydrolysis) is 2. The number of carbonyl (C=O) groups excluding carboxylic acids is 3. The molecule has 17 nitrogen and oxygen atoms in total. The van der Waals surface area contributed by atoms with Gasteiger partial charge in [-0.25, -0.2) is 14.4 Å². The molecule has 0 unspecified atom stereocenters. The molecule has 17 heteroatoms. The zero-order valence-electron chi connectivity index (χ0n) is 41.5. The van der Waals surface area contributed by atoms with Gasteiger partial charge in [-0.3, -0.25) is 4.90 Å². The van der Waals surface area contributed by atoms with E-state index in [1.54, 1.807) is 4.90 Å². The van der Waals surface area contributed by atoms with Crippen LogP contribution in [0.25, 0.3) is 10.4 Å². The van der Waals surface area contributed by atoms with Crippen LogP contribution in [-0.4, -0.2) is 89.9 Å². The Bertz CT molecular complexity index is 2610. The normalized spacial score (nSPS) is 25.3. The molecule has 2 saturated heterocycles. The molecule has 0 bridgehead atoms. The van der Waals surface area contributed by atoms with E-state index in [9.17, 15) is 19.9 Å². The van der Waals surface area contributed by atoms with Gasteiger partial charge in [0.05, 0.1) is 36.9 Å². The number of carbonyl (C=O) groups is 3. The summed E-state index contributed by atoms with van der Waals surface area (Å²) in [6, 6.07) is 43.7. The quantitative estimate of drug-likeness (QED) is 0.0366. The summed E-state index contributed by atoms with van der Waals surface area (Å²) in [5, 5.41) is 10.3. The Morgan fingerprint density at radius 1 is 0.635 bits per heavy atom. The van der Waals surface area contributed by atoms with Crippen LogP contribution < -0.4 is 10.6 Å². The lowest BCUT2D eigenvalue weighted by atomic mass is 9.81. The van der Waals surface area contributed by atoms with Crippen LogP contribution in [0, 0.1) is 0 Å². The zero-order chi connectivity index (χ0) is 51.1. The van der Waals surface area contributed by atoms with Crippen molar-refractivity contribution >= 4 is 18.3 Å². The van der Waals surface area contributed by atoms with E-state index in [-0.39, 0.29) is 33.0 Å². The summed E-state index contributed by atoms with van der Waals surface area (Å²) < 4.78 is 52.8. The number of ether oxygens (including phenoxy) is 8. The van der Waals surface area contributed by atoms with Crippen LogP contribution in [0.5, 0.6) is 0 Å². The first kappa shape index (κ1) is 51.9. The van der Waals surface area contributed by atoms with Gasteiger partial charge in [-0.1, -0.05) is 163 Å². The summed E-state index contributed by atoms with van der Waals surface area (Å²) in [7, 11) is 0. The lowest BCUT2D eigenvalue weighted by Crippen LogP contribution is -2.73. The lowest BCUT2D eigenvalue weighted by Gasteiger charge is -2.49. The van der Waals surface area contributed by atoms with Crippen molar-refractivity contribution in [1.82, 2.24) is 15.5 Å². The minimum absolute atomic E-state index is 0.00349. The van der Waals surface area contributed by atoms with Crippen molar-refractivity contribution in [1.29, 1.82) is 0 Å². The van der Waals surface area contributed by atoms with Gasteiger partial charge in [-0.15, -0.1) is 0 Å². The third kappa shape index (κ3) is 13.4. The molecule has 2 N–H and O–H groups in total. The summed E-state index contributed by atoms with van der Waals surface area (Å²) in [5.41, 5.74) is 14.1. The van der Waals surface area contributed by atoms with E-state index in [2.05, 4.69) is 20.7 Å². The van der Waals surface area contributed by atoms with Gasteiger partial charge in [0.15, 0.2) is 12.1 Å². The topological polar surface area (TPSA) is 201 Å². The molecule has 0 aromatic heterocycles. The zero-order valence-corrected chi connectivity index (χ0v) is 41.5. The molecule has 4 fully saturated rings. The third-order valence-electron chi connectivity index (χ3n) is 14.2. The SMILES string of the molecule is C[C@H]([C@@H]1CC[C@@H](N=[N+]=[N-])[C@@H](O[C@@H]2[C@@H](NC(=O)OCc3ccccc3)[C@H](OCc3ccccc3)[C@@H](NC(=O)OCc3ccccc3)[C@@H]3OC4(CCCCC4)O[C@@H]23)O1)N(Cc1ccccc1)C(=O)OCc1ccccc1. The number of hydrogen-bond acceptors (Lipinski definition) is 12. The number of benzene rings is 5. The van der Waals surface area contributed by atoms with Crippen molar-refractivity contribution in [3.8, 4) is 0 Å². The second kappa shape index (κ2) is 25.3. The highest BCUT2D eigenvalue weighted by atomic mass is 16.8. The highest BCUT2D eigenvalue weighted by molar-refractivity contribution is 5.69. The Kier molecular flexibility index (Phi) is 17.7. The van der Waals surface area contributed by atoms with Crippen LogP contribution in [0.4, 0.5) is 14.4 Å². The Labute approximate surface area is 431 Å². The number of nitrogens with zero attached hydrogens (tertiary/aromatic N) is 4. The van der Waals surface area contributed by atoms with Crippen molar-refractivity contribution < 1.29 is 52.3 Å². The Hall–Kier alpha value is -6.98. The summed E-state index contributed by atoms with van der Waals surface area (Å²) in [4.78, 5) is 47.4. The molecule has 74 heavy (non-hydrogen) atoms. The average molecular weight is 1010 g/mol. The van der Waals surface area contributed by atoms with Crippen LogP contribution in [0.2, 0.25) is 0 Å². The average Bonchev–Trinajstić information content (AvgIpc) is 3.81. The smallest absolute Gasteiger partial charge is 0.410 e. The summed E-state index contributed by atoms with van der Waals surface area (Å²) in [6.45, 7) is 2.21. The van der Waals surface area contributed by atoms with Crippen LogP contribution in [-0.2, 0) is 70.9 Å². The third-order valence-corrected chi connectivity index (χ3v) is 14.2. The second-order valence-corrected chi connectivity index (χ2v) is 19.2. The molecule has 2 aliphatic heterocycles. The first-order chi connectivity index (χ1) is 36.2. The van der Waals surface area contributed by atoms with E-state index >= 15 is 0 Å². The molecule has 2 heterocycles.